The number of benzene rings is 2. The Bertz CT molecular complexity index is 639. The van der Waals surface area contributed by atoms with Crippen molar-refractivity contribution in [3.8, 4) is 0 Å². The van der Waals surface area contributed by atoms with Gasteiger partial charge in [0, 0.05) is 29.3 Å². The van der Waals surface area contributed by atoms with Crippen LogP contribution in [0.4, 0.5) is 5.69 Å². The molecule has 1 atom stereocenters. The molecular formula is C18H21BrN2. The van der Waals surface area contributed by atoms with Crippen molar-refractivity contribution in [2.75, 3.05) is 18.5 Å². The van der Waals surface area contributed by atoms with Crippen LogP contribution in [-0.4, -0.2) is 13.6 Å². The van der Waals surface area contributed by atoms with Crippen molar-refractivity contribution < 1.29 is 0 Å². The Kier molecular flexibility index (Phi) is 4.32. The van der Waals surface area contributed by atoms with Crippen molar-refractivity contribution in [1.29, 1.82) is 0 Å². The van der Waals surface area contributed by atoms with Crippen LogP contribution in [0.3, 0.4) is 0 Å². The molecule has 1 aliphatic rings. The molecule has 3 rings (SSSR count). The summed E-state index contributed by atoms with van der Waals surface area (Å²) in [6.45, 7) is 4.29. The Hall–Kier alpha value is -1.32. The first-order valence-electron chi connectivity index (χ1n) is 7.47. The summed E-state index contributed by atoms with van der Waals surface area (Å²) in [6.07, 6.45) is 1.12. The van der Waals surface area contributed by atoms with Crippen LogP contribution >= 0.6 is 15.9 Å². The number of nitrogens with zero attached hydrogens (tertiary/aromatic N) is 1. The molecule has 0 aliphatic carbocycles. The van der Waals surface area contributed by atoms with Gasteiger partial charge in [0.05, 0.1) is 0 Å². The molecule has 0 aromatic heterocycles. The molecular weight excluding hydrogens is 324 g/mol. The molecule has 0 spiro atoms. The SMILES string of the molecule is CNC(C)c1ccc(Br)cc1N1CCc2ccccc2C1. The topological polar surface area (TPSA) is 15.3 Å². The molecule has 0 fully saturated rings. The maximum atomic E-state index is 3.62. The van der Waals surface area contributed by atoms with Gasteiger partial charge in [-0.25, -0.2) is 0 Å². The zero-order valence-corrected chi connectivity index (χ0v) is 14.2. The molecule has 3 heteroatoms. The first-order valence-corrected chi connectivity index (χ1v) is 8.27. The average Bonchev–Trinajstić information content (AvgIpc) is 2.53. The van der Waals surface area contributed by atoms with Crippen molar-refractivity contribution in [2.45, 2.75) is 25.9 Å². The molecule has 1 heterocycles. The van der Waals surface area contributed by atoms with Crippen LogP contribution in [0.2, 0.25) is 0 Å². The largest absolute Gasteiger partial charge is 0.367 e. The molecule has 0 saturated carbocycles. The Morgan fingerprint density at radius 1 is 1.14 bits per heavy atom. The van der Waals surface area contributed by atoms with E-state index < -0.39 is 0 Å². The van der Waals surface area contributed by atoms with Gasteiger partial charge in [-0.2, -0.15) is 0 Å². The minimum Gasteiger partial charge on any atom is -0.367 e. The number of anilines is 1. The fourth-order valence-corrected chi connectivity index (χ4v) is 3.36. The highest BCUT2D eigenvalue weighted by Crippen LogP contribution is 2.32. The molecule has 110 valence electrons. The number of nitrogens with one attached hydrogen (secondary N) is 1. The maximum absolute atomic E-state index is 3.62. The van der Waals surface area contributed by atoms with E-state index in [1.807, 2.05) is 7.05 Å². The summed E-state index contributed by atoms with van der Waals surface area (Å²) in [4.78, 5) is 2.50. The Labute approximate surface area is 135 Å². The first kappa shape index (κ1) is 14.6. The highest BCUT2D eigenvalue weighted by atomic mass is 79.9. The average molecular weight is 345 g/mol. The minimum atomic E-state index is 0.352. The summed E-state index contributed by atoms with van der Waals surface area (Å²) >= 11 is 3.62. The predicted octanol–water partition coefficient (Wildman–Crippen LogP) is 4.29. The van der Waals surface area contributed by atoms with E-state index in [2.05, 4.69) is 75.5 Å². The van der Waals surface area contributed by atoms with E-state index in [0.29, 0.717) is 6.04 Å². The summed E-state index contributed by atoms with van der Waals surface area (Å²) in [5.74, 6) is 0. The van der Waals surface area contributed by atoms with Gasteiger partial charge in [-0.15, -0.1) is 0 Å². The molecule has 2 nitrogen and oxygen atoms in total. The number of fused-ring (bicyclic) bond motifs is 1. The van der Waals surface area contributed by atoms with Gasteiger partial charge in [-0.1, -0.05) is 46.3 Å². The summed E-state index contributed by atoms with van der Waals surface area (Å²) in [5.41, 5.74) is 5.64. The van der Waals surface area contributed by atoms with Crippen molar-refractivity contribution >= 4 is 21.6 Å². The van der Waals surface area contributed by atoms with Gasteiger partial charge < -0.3 is 10.2 Å². The fraction of sp³-hybridized carbons (Fsp3) is 0.333. The number of halogens is 1. The molecule has 1 unspecified atom stereocenters. The molecule has 1 N–H and O–H groups in total. The van der Waals surface area contributed by atoms with Gasteiger partial charge in [0.1, 0.15) is 0 Å². The zero-order valence-electron chi connectivity index (χ0n) is 12.6. The van der Waals surface area contributed by atoms with Crippen LogP contribution in [0.25, 0.3) is 0 Å². The standard InChI is InChI=1S/C18H21BrN2/c1-13(20-2)17-8-7-16(19)11-18(17)21-10-9-14-5-3-4-6-15(14)12-21/h3-8,11,13,20H,9-10,12H2,1-2H3. The third kappa shape index (κ3) is 2.99. The quantitative estimate of drug-likeness (QED) is 0.893. The number of hydrogen-bond acceptors (Lipinski definition) is 2. The number of hydrogen-bond donors (Lipinski definition) is 1. The summed E-state index contributed by atoms with van der Waals surface area (Å²) < 4.78 is 1.14. The van der Waals surface area contributed by atoms with Crippen LogP contribution in [0.15, 0.2) is 46.9 Å². The predicted molar refractivity (Wildman–Crippen MR) is 92.8 cm³/mol. The van der Waals surface area contributed by atoms with E-state index in [1.54, 1.807) is 0 Å². The van der Waals surface area contributed by atoms with Crippen LogP contribution in [-0.2, 0) is 13.0 Å². The summed E-state index contributed by atoms with van der Waals surface area (Å²) in [7, 11) is 2.02. The third-order valence-corrected chi connectivity index (χ3v) is 4.86. The summed E-state index contributed by atoms with van der Waals surface area (Å²) in [5, 5.41) is 3.36. The molecule has 0 amide bonds. The Morgan fingerprint density at radius 3 is 2.67 bits per heavy atom. The molecule has 21 heavy (non-hydrogen) atoms. The van der Waals surface area contributed by atoms with Gasteiger partial charge in [0.25, 0.3) is 0 Å². The zero-order chi connectivity index (χ0) is 14.8. The molecule has 1 aliphatic heterocycles. The van der Waals surface area contributed by atoms with Gasteiger partial charge in [0.15, 0.2) is 0 Å². The Balaban J connectivity index is 1.96. The van der Waals surface area contributed by atoms with Crippen molar-refractivity contribution in [1.82, 2.24) is 5.32 Å². The third-order valence-electron chi connectivity index (χ3n) is 4.36. The molecule has 0 radical (unpaired) electrons. The second-order valence-corrected chi connectivity index (χ2v) is 6.57. The Morgan fingerprint density at radius 2 is 1.90 bits per heavy atom. The van der Waals surface area contributed by atoms with Gasteiger partial charge in [-0.05, 0) is 49.2 Å². The molecule has 0 bridgehead atoms. The first-order chi connectivity index (χ1) is 10.2. The van der Waals surface area contributed by atoms with Crippen LogP contribution < -0.4 is 10.2 Å². The maximum Gasteiger partial charge on any atom is 0.0432 e. The van der Waals surface area contributed by atoms with E-state index in [1.165, 1.54) is 22.4 Å². The normalized spacial score (nSPS) is 15.7. The minimum absolute atomic E-state index is 0.352. The van der Waals surface area contributed by atoms with Gasteiger partial charge in [-0.3, -0.25) is 0 Å². The van der Waals surface area contributed by atoms with Gasteiger partial charge >= 0.3 is 0 Å². The van der Waals surface area contributed by atoms with Crippen molar-refractivity contribution in [3.05, 3.63) is 63.6 Å². The fourth-order valence-electron chi connectivity index (χ4n) is 3.01. The van der Waals surface area contributed by atoms with E-state index >= 15 is 0 Å². The van der Waals surface area contributed by atoms with E-state index in [4.69, 9.17) is 0 Å². The highest BCUT2D eigenvalue weighted by molar-refractivity contribution is 9.10. The molecule has 2 aromatic rings. The van der Waals surface area contributed by atoms with E-state index in [-0.39, 0.29) is 0 Å². The van der Waals surface area contributed by atoms with Crippen molar-refractivity contribution in [2.24, 2.45) is 0 Å². The summed E-state index contributed by atoms with van der Waals surface area (Å²) in [6, 6.07) is 15.7. The molecule has 2 aromatic carbocycles. The number of rotatable bonds is 3. The smallest absolute Gasteiger partial charge is 0.0432 e. The van der Waals surface area contributed by atoms with E-state index in [9.17, 15) is 0 Å². The lowest BCUT2D eigenvalue weighted by atomic mass is 9.97. The van der Waals surface area contributed by atoms with Crippen LogP contribution in [0.5, 0.6) is 0 Å². The lowest BCUT2D eigenvalue weighted by molar-refractivity contribution is 0.641. The van der Waals surface area contributed by atoms with Crippen LogP contribution in [0, 0.1) is 0 Å². The highest BCUT2D eigenvalue weighted by Gasteiger charge is 2.20. The van der Waals surface area contributed by atoms with E-state index in [0.717, 1.165) is 24.0 Å². The lowest BCUT2D eigenvalue weighted by Gasteiger charge is -2.33. The monoisotopic (exact) mass is 344 g/mol. The second-order valence-electron chi connectivity index (χ2n) is 5.65. The van der Waals surface area contributed by atoms with Crippen molar-refractivity contribution in [3.63, 3.8) is 0 Å². The lowest BCUT2D eigenvalue weighted by Crippen LogP contribution is -2.31. The van der Waals surface area contributed by atoms with Crippen LogP contribution in [0.1, 0.15) is 29.7 Å². The second kappa shape index (κ2) is 6.20. The molecule has 0 saturated heterocycles. The van der Waals surface area contributed by atoms with Gasteiger partial charge in [0.2, 0.25) is 0 Å².